The average molecular weight is 619 g/mol. The van der Waals surface area contributed by atoms with Crippen molar-refractivity contribution in [3.8, 4) is 0 Å². The highest BCUT2D eigenvalue weighted by atomic mass is 16.7. The van der Waals surface area contributed by atoms with Gasteiger partial charge in [0.1, 0.15) is 36.6 Å². The second-order valence-corrected chi connectivity index (χ2v) is 9.82. The molecule has 2 saturated heterocycles. The lowest BCUT2D eigenvalue weighted by Gasteiger charge is -2.44. The van der Waals surface area contributed by atoms with E-state index in [1.165, 1.54) is 0 Å². The Morgan fingerprint density at radius 2 is 1.00 bits per heavy atom. The number of aliphatic hydroxyl groups is 10. The molecule has 20 nitrogen and oxygen atoms in total. The average Bonchev–Trinajstić information content (AvgIpc) is 2.89. The molecule has 0 bridgehead atoms. The van der Waals surface area contributed by atoms with Gasteiger partial charge in [0.05, 0.1) is 37.5 Å². The van der Waals surface area contributed by atoms with Crippen LogP contribution >= 0.6 is 0 Å². The van der Waals surface area contributed by atoms with Gasteiger partial charge in [-0.15, -0.1) is 0 Å². The number of carboxylic acid groups (broad SMARTS) is 2. The normalized spacial score (nSPS) is 35.8. The number of carboxylic acids is 2. The molecule has 0 aromatic carbocycles. The van der Waals surface area contributed by atoms with Crippen LogP contribution in [0.3, 0.4) is 0 Å². The highest BCUT2D eigenvalue weighted by Crippen LogP contribution is 2.31. The first-order chi connectivity index (χ1) is 19.2. The Balaban J connectivity index is 0.000000420. The van der Waals surface area contributed by atoms with Crippen molar-refractivity contribution >= 4 is 23.8 Å². The van der Waals surface area contributed by atoms with Crippen molar-refractivity contribution in [2.45, 2.75) is 99.2 Å². The molecule has 0 aliphatic carbocycles. The van der Waals surface area contributed by atoms with E-state index in [0.717, 1.165) is 13.8 Å². The van der Waals surface area contributed by atoms with E-state index in [1.54, 1.807) is 0 Å². The number of aliphatic carboxylic acids is 2. The largest absolute Gasteiger partial charge is 0.477 e. The van der Waals surface area contributed by atoms with Gasteiger partial charge in [-0.3, -0.25) is 9.59 Å². The van der Waals surface area contributed by atoms with Crippen LogP contribution in [0.1, 0.15) is 26.7 Å². The van der Waals surface area contributed by atoms with Crippen LogP contribution in [0.15, 0.2) is 0 Å². The summed E-state index contributed by atoms with van der Waals surface area (Å²) in [4.78, 5) is 44.2. The van der Waals surface area contributed by atoms with E-state index in [9.17, 15) is 60.0 Å². The van der Waals surface area contributed by atoms with Crippen LogP contribution in [-0.4, -0.2) is 171 Å². The SMILES string of the molecule is CC(=O)N[C@H]1[C@H]([C@H](O)[C@H](O)CO)OC(O)(C(=O)O)C[C@@H]1O.CC(=O)N[C@H]1[C@H]([C@H](O)[C@H](O)CO)OC(O)(C(=O)O)C[C@@H]1O. The zero-order valence-electron chi connectivity index (χ0n) is 22.4. The van der Waals surface area contributed by atoms with Gasteiger partial charge >= 0.3 is 11.9 Å². The molecule has 42 heavy (non-hydrogen) atoms. The molecule has 0 aromatic rings. The van der Waals surface area contributed by atoms with E-state index in [2.05, 4.69) is 10.6 Å². The van der Waals surface area contributed by atoms with Crippen molar-refractivity contribution in [1.29, 1.82) is 0 Å². The summed E-state index contributed by atoms with van der Waals surface area (Å²) in [6, 6.07) is -2.53. The van der Waals surface area contributed by atoms with Crippen molar-refractivity contribution in [3.05, 3.63) is 0 Å². The quantitative estimate of drug-likeness (QED) is 0.108. The number of carbonyl (C=O) groups is 4. The van der Waals surface area contributed by atoms with Gasteiger partial charge in [-0.1, -0.05) is 0 Å². The van der Waals surface area contributed by atoms with Gasteiger partial charge in [-0.2, -0.15) is 0 Å². The third-order valence-electron chi connectivity index (χ3n) is 6.41. The standard InChI is InChI=1S/2C11H19NO9/c2*1-4(14)12-7-5(15)2-11(20,10(18)19)21-9(7)8(17)6(16)3-13/h2*5-9,13,15-17,20H,2-3H2,1H3,(H,12,14)(H,18,19)/t2*5-,6+,7+,8+,9+,11?/m00/s1. The zero-order valence-corrected chi connectivity index (χ0v) is 22.4. The molecule has 244 valence electrons. The van der Waals surface area contributed by atoms with Crippen LogP contribution in [0.4, 0.5) is 0 Å². The maximum atomic E-state index is 11.1. The molecule has 14 N–H and O–H groups in total. The van der Waals surface area contributed by atoms with Gasteiger partial charge in [0, 0.05) is 26.7 Å². The van der Waals surface area contributed by atoms with E-state index in [4.69, 9.17) is 29.9 Å². The number of nitrogens with one attached hydrogen (secondary N) is 2. The number of carbonyl (C=O) groups excluding carboxylic acids is 2. The summed E-state index contributed by atoms with van der Waals surface area (Å²) < 4.78 is 9.73. The van der Waals surface area contributed by atoms with Gasteiger partial charge in [0.25, 0.3) is 11.6 Å². The fraction of sp³-hybridized carbons (Fsp3) is 0.818. The molecule has 0 saturated carbocycles. The molecule has 20 heteroatoms. The first-order valence-corrected chi connectivity index (χ1v) is 12.4. The van der Waals surface area contributed by atoms with E-state index in [-0.39, 0.29) is 0 Å². The van der Waals surface area contributed by atoms with Gasteiger partial charge in [-0.05, 0) is 0 Å². The lowest BCUT2D eigenvalue weighted by molar-refractivity contribution is -0.295. The number of hydrogen-bond donors (Lipinski definition) is 14. The Bertz CT molecular complexity index is 880. The molecule has 2 unspecified atom stereocenters. The molecule has 2 heterocycles. The molecular formula is C22H38N2O18. The summed E-state index contributed by atoms with van der Waals surface area (Å²) in [6.07, 6.45) is -15.0. The van der Waals surface area contributed by atoms with Crippen molar-refractivity contribution < 1.29 is 89.9 Å². The Hall–Kier alpha value is -2.60. The number of aliphatic hydroxyl groups excluding tert-OH is 8. The Kier molecular flexibility index (Phi) is 13.6. The lowest BCUT2D eigenvalue weighted by Crippen LogP contribution is -2.67. The topological polar surface area (TPSA) is 354 Å². The molecular weight excluding hydrogens is 580 g/mol. The molecule has 0 aromatic heterocycles. The molecule has 0 spiro atoms. The fourth-order valence-corrected chi connectivity index (χ4v) is 4.27. The first-order valence-electron chi connectivity index (χ1n) is 12.4. The molecule has 2 amide bonds. The van der Waals surface area contributed by atoms with Crippen LogP contribution in [0.25, 0.3) is 0 Å². The summed E-state index contributed by atoms with van der Waals surface area (Å²) in [5, 5.41) is 118. The maximum absolute atomic E-state index is 11.1. The highest BCUT2D eigenvalue weighted by molar-refractivity contribution is 5.77. The van der Waals surface area contributed by atoms with Crippen LogP contribution in [0, 0.1) is 0 Å². The van der Waals surface area contributed by atoms with Crippen molar-refractivity contribution in [1.82, 2.24) is 10.6 Å². The predicted octanol–water partition coefficient (Wildman–Crippen LogP) is -7.74. The third-order valence-corrected chi connectivity index (χ3v) is 6.41. The number of rotatable bonds is 10. The van der Waals surface area contributed by atoms with Crippen LogP contribution < -0.4 is 10.6 Å². The summed E-state index contributed by atoms with van der Waals surface area (Å²) >= 11 is 0. The second kappa shape index (κ2) is 15.2. The van der Waals surface area contributed by atoms with Gasteiger partial charge in [0.15, 0.2) is 0 Å². The van der Waals surface area contributed by atoms with Gasteiger partial charge < -0.3 is 81.4 Å². The smallest absolute Gasteiger partial charge is 0.364 e. The Morgan fingerprint density at radius 3 is 1.21 bits per heavy atom. The van der Waals surface area contributed by atoms with E-state index < -0.39 is 122 Å². The van der Waals surface area contributed by atoms with E-state index in [0.29, 0.717) is 0 Å². The fourth-order valence-electron chi connectivity index (χ4n) is 4.27. The molecule has 2 fully saturated rings. The summed E-state index contributed by atoms with van der Waals surface area (Å²) in [6.45, 7) is 0.512. The minimum Gasteiger partial charge on any atom is -0.477 e. The van der Waals surface area contributed by atoms with Crippen molar-refractivity contribution in [2.75, 3.05) is 13.2 Å². The molecule has 2 rings (SSSR count). The van der Waals surface area contributed by atoms with Gasteiger partial charge in [-0.25, -0.2) is 9.59 Å². The zero-order chi connectivity index (χ0) is 32.7. The molecule has 12 atom stereocenters. The van der Waals surface area contributed by atoms with Crippen LogP contribution in [0.2, 0.25) is 0 Å². The van der Waals surface area contributed by atoms with Crippen LogP contribution in [0.5, 0.6) is 0 Å². The highest BCUT2D eigenvalue weighted by Gasteiger charge is 2.55. The number of amides is 2. The predicted molar refractivity (Wildman–Crippen MR) is 130 cm³/mol. The third kappa shape index (κ3) is 9.20. The summed E-state index contributed by atoms with van der Waals surface area (Å²) in [5.41, 5.74) is 0. The number of hydrogen-bond acceptors (Lipinski definition) is 16. The molecule has 0 radical (unpaired) electrons. The number of ether oxygens (including phenoxy) is 2. The van der Waals surface area contributed by atoms with Crippen LogP contribution in [-0.2, 0) is 28.7 Å². The molecule has 2 aliphatic rings. The minimum atomic E-state index is -2.78. The van der Waals surface area contributed by atoms with E-state index in [1.807, 2.05) is 0 Å². The first kappa shape index (κ1) is 37.4. The van der Waals surface area contributed by atoms with Gasteiger partial charge in [0.2, 0.25) is 11.8 Å². The Labute approximate surface area is 237 Å². The summed E-state index contributed by atoms with van der Waals surface area (Å²) in [5.74, 6) is -10.3. The maximum Gasteiger partial charge on any atom is 0.364 e. The van der Waals surface area contributed by atoms with E-state index >= 15 is 0 Å². The molecule has 2 aliphatic heterocycles. The Morgan fingerprint density at radius 1 is 0.714 bits per heavy atom. The lowest BCUT2D eigenvalue weighted by atomic mass is 9.88. The van der Waals surface area contributed by atoms with Crippen molar-refractivity contribution in [2.24, 2.45) is 0 Å². The second-order valence-electron chi connectivity index (χ2n) is 9.82. The monoisotopic (exact) mass is 618 g/mol. The summed E-state index contributed by atoms with van der Waals surface area (Å²) in [7, 11) is 0. The minimum absolute atomic E-state index is 0.598. The van der Waals surface area contributed by atoms with Crippen molar-refractivity contribution in [3.63, 3.8) is 0 Å².